The quantitative estimate of drug-likeness (QED) is 0.424. The van der Waals surface area contributed by atoms with Crippen LogP contribution in [-0.2, 0) is 19.9 Å². The van der Waals surface area contributed by atoms with Crippen molar-refractivity contribution in [1.29, 1.82) is 0 Å². The Hall–Kier alpha value is -2.37. The Kier molecular flexibility index (Phi) is 6.56. The second-order valence-corrected chi connectivity index (χ2v) is 6.27. The van der Waals surface area contributed by atoms with Crippen molar-refractivity contribution in [2.75, 3.05) is 13.2 Å². The van der Waals surface area contributed by atoms with Gasteiger partial charge in [-0.25, -0.2) is 4.79 Å². The second kappa shape index (κ2) is 8.65. The largest absolute Gasteiger partial charge is 0.464 e. The van der Waals surface area contributed by atoms with E-state index in [2.05, 4.69) is 5.32 Å². The predicted molar refractivity (Wildman–Crippen MR) is 93.8 cm³/mol. The third-order valence-corrected chi connectivity index (χ3v) is 4.40. The van der Waals surface area contributed by atoms with E-state index < -0.39 is 17.5 Å². The van der Waals surface area contributed by atoms with Crippen molar-refractivity contribution in [3.8, 4) is 0 Å². The first-order valence-corrected chi connectivity index (χ1v) is 8.90. The maximum Gasteiger partial charge on any atom is 0.326 e. The van der Waals surface area contributed by atoms with Crippen LogP contribution in [0.15, 0.2) is 30.3 Å². The Morgan fingerprint density at radius 2 is 1.80 bits per heavy atom. The van der Waals surface area contributed by atoms with E-state index in [0.717, 1.165) is 36.1 Å². The van der Waals surface area contributed by atoms with Gasteiger partial charge in [0.1, 0.15) is 12.1 Å². The topological polar surface area (TPSA) is 75.7 Å². The van der Waals surface area contributed by atoms with Gasteiger partial charge < -0.3 is 10.1 Å². The fraction of sp³-hybridized carbons (Fsp3) is 0.526. The van der Waals surface area contributed by atoms with E-state index >= 15 is 0 Å². The predicted octanol–water partition coefficient (Wildman–Crippen LogP) is 2.97. The number of imide groups is 1. The molecule has 25 heavy (non-hydrogen) atoms. The number of unbranched alkanes of at least 4 members (excludes halogenated alkanes) is 2. The molecule has 3 amide bonds. The van der Waals surface area contributed by atoms with Crippen LogP contribution in [0.25, 0.3) is 0 Å². The molecular weight excluding hydrogens is 320 g/mol. The van der Waals surface area contributed by atoms with Crippen molar-refractivity contribution in [2.24, 2.45) is 0 Å². The molecule has 0 spiro atoms. The number of ether oxygens (including phenoxy) is 1. The highest BCUT2D eigenvalue weighted by atomic mass is 16.5. The molecule has 1 unspecified atom stereocenters. The van der Waals surface area contributed by atoms with Crippen LogP contribution in [0.5, 0.6) is 0 Å². The lowest BCUT2D eigenvalue weighted by Gasteiger charge is -2.27. The van der Waals surface area contributed by atoms with Crippen LogP contribution in [0.3, 0.4) is 0 Å². The van der Waals surface area contributed by atoms with Crippen LogP contribution in [0.1, 0.15) is 51.5 Å². The average Bonchev–Trinajstić information content (AvgIpc) is 2.86. The maximum absolute atomic E-state index is 13.0. The Labute approximate surface area is 148 Å². The van der Waals surface area contributed by atoms with E-state index in [1.54, 1.807) is 0 Å². The van der Waals surface area contributed by atoms with Crippen LogP contribution in [0.4, 0.5) is 4.79 Å². The van der Waals surface area contributed by atoms with Crippen molar-refractivity contribution < 1.29 is 19.1 Å². The molecule has 136 valence electrons. The molecule has 1 N–H and O–H groups in total. The molecule has 1 aliphatic heterocycles. The monoisotopic (exact) mass is 346 g/mol. The molecule has 1 fully saturated rings. The Morgan fingerprint density at radius 3 is 2.44 bits per heavy atom. The maximum atomic E-state index is 13.0. The molecule has 1 aromatic rings. The number of nitrogens with one attached hydrogen (secondary N) is 1. The van der Waals surface area contributed by atoms with Gasteiger partial charge in [-0.15, -0.1) is 0 Å². The molecule has 0 radical (unpaired) electrons. The number of hydrogen-bond donors (Lipinski definition) is 1. The fourth-order valence-corrected chi connectivity index (χ4v) is 2.95. The number of rotatable bonds is 9. The minimum absolute atomic E-state index is 0.304. The summed E-state index contributed by atoms with van der Waals surface area (Å²) in [5.74, 6) is -0.944. The van der Waals surface area contributed by atoms with Gasteiger partial charge in [-0.05, 0) is 18.4 Å². The highest BCUT2D eigenvalue weighted by Gasteiger charge is 2.52. The molecule has 0 saturated carbocycles. The minimum atomic E-state index is -1.10. The molecule has 0 aromatic heterocycles. The Bertz CT molecular complexity index is 617. The smallest absolute Gasteiger partial charge is 0.326 e. The fourth-order valence-electron chi connectivity index (χ4n) is 2.95. The summed E-state index contributed by atoms with van der Waals surface area (Å²) in [5.41, 5.74) is -0.360. The van der Waals surface area contributed by atoms with Gasteiger partial charge in [0.2, 0.25) is 0 Å². The second-order valence-electron chi connectivity index (χ2n) is 6.27. The summed E-state index contributed by atoms with van der Waals surface area (Å²) in [7, 11) is 0. The molecule has 1 aliphatic rings. The lowest BCUT2D eigenvalue weighted by molar-refractivity contribution is -0.148. The number of urea groups is 1. The summed E-state index contributed by atoms with van der Waals surface area (Å²) in [5, 5.41) is 2.82. The van der Waals surface area contributed by atoms with Crippen molar-refractivity contribution in [3.63, 3.8) is 0 Å². The van der Waals surface area contributed by atoms with E-state index in [0.29, 0.717) is 13.0 Å². The van der Waals surface area contributed by atoms with E-state index in [1.165, 1.54) is 0 Å². The van der Waals surface area contributed by atoms with Gasteiger partial charge in [-0.2, -0.15) is 0 Å². The highest BCUT2D eigenvalue weighted by molar-refractivity contribution is 6.09. The van der Waals surface area contributed by atoms with Crippen molar-refractivity contribution in [1.82, 2.24) is 10.2 Å². The van der Waals surface area contributed by atoms with Gasteiger partial charge in [0, 0.05) is 0 Å². The van der Waals surface area contributed by atoms with Crippen LogP contribution in [0, 0.1) is 0 Å². The Morgan fingerprint density at radius 1 is 1.12 bits per heavy atom. The summed E-state index contributed by atoms with van der Waals surface area (Å²) in [6.07, 6.45) is 3.85. The van der Waals surface area contributed by atoms with Gasteiger partial charge in [-0.3, -0.25) is 14.5 Å². The first-order chi connectivity index (χ1) is 12.0. The number of hydrogen-bond acceptors (Lipinski definition) is 4. The number of carbonyl (C=O) groups is 3. The summed E-state index contributed by atoms with van der Waals surface area (Å²) >= 11 is 0. The third kappa shape index (κ3) is 4.18. The number of benzene rings is 1. The molecule has 2 rings (SSSR count). The lowest BCUT2D eigenvalue weighted by atomic mass is 9.85. The lowest BCUT2D eigenvalue weighted by Crippen LogP contribution is -2.44. The number of nitrogens with zero attached hydrogens (tertiary/aromatic N) is 1. The van der Waals surface area contributed by atoms with Crippen molar-refractivity contribution >= 4 is 17.9 Å². The normalized spacial score (nSPS) is 19.8. The summed E-state index contributed by atoms with van der Waals surface area (Å²) < 4.78 is 5.08. The molecule has 1 atom stereocenters. The molecule has 1 aromatic carbocycles. The van der Waals surface area contributed by atoms with Gasteiger partial charge in [-0.1, -0.05) is 63.4 Å². The average molecular weight is 346 g/mol. The zero-order valence-corrected chi connectivity index (χ0v) is 14.9. The van der Waals surface area contributed by atoms with Crippen molar-refractivity contribution in [2.45, 2.75) is 51.5 Å². The summed E-state index contributed by atoms with van der Waals surface area (Å²) in [4.78, 5) is 38.3. The first-order valence-electron chi connectivity index (χ1n) is 8.90. The summed E-state index contributed by atoms with van der Waals surface area (Å²) in [6.45, 7) is 3.98. The van der Waals surface area contributed by atoms with Crippen molar-refractivity contribution in [3.05, 3.63) is 35.9 Å². The first kappa shape index (κ1) is 19.0. The van der Waals surface area contributed by atoms with Crippen LogP contribution < -0.4 is 5.32 Å². The van der Waals surface area contributed by atoms with Crippen LogP contribution in [-0.4, -0.2) is 36.0 Å². The van der Waals surface area contributed by atoms with E-state index in [-0.39, 0.29) is 12.5 Å². The molecule has 0 bridgehead atoms. The molecule has 1 saturated heterocycles. The van der Waals surface area contributed by atoms with Crippen LogP contribution >= 0.6 is 0 Å². The van der Waals surface area contributed by atoms with E-state index in [4.69, 9.17) is 4.74 Å². The van der Waals surface area contributed by atoms with E-state index in [9.17, 15) is 14.4 Å². The third-order valence-electron chi connectivity index (χ3n) is 4.40. The molecule has 1 heterocycles. The summed E-state index contributed by atoms with van der Waals surface area (Å²) in [6, 6.07) is 8.65. The van der Waals surface area contributed by atoms with Gasteiger partial charge in [0.05, 0.1) is 6.61 Å². The van der Waals surface area contributed by atoms with Gasteiger partial charge in [0.25, 0.3) is 5.91 Å². The number of amides is 3. The molecular formula is C19H26N2O4. The van der Waals surface area contributed by atoms with Gasteiger partial charge >= 0.3 is 12.0 Å². The van der Waals surface area contributed by atoms with Crippen LogP contribution in [0.2, 0.25) is 0 Å². The zero-order chi connectivity index (χ0) is 18.3. The molecule has 0 aliphatic carbocycles. The van der Waals surface area contributed by atoms with E-state index in [1.807, 2.05) is 44.2 Å². The highest BCUT2D eigenvalue weighted by Crippen LogP contribution is 2.34. The Balaban J connectivity index is 2.19. The SMILES string of the molecule is CCCCOC(=O)CN1C(=O)NC(CCCC)(c2ccccc2)C1=O. The van der Waals surface area contributed by atoms with Gasteiger partial charge in [0.15, 0.2) is 0 Å². The molecule has 6 nitrogen and oxygen atoms in total. The number of carbonyl (C=O) groups excluding carboxylic acids is 3. The standard InChI is InChI=1S/C19H26N2O4/c1-3-5-12-19(15-10-8-7-9-11-15)17(23)21(18(24)20-19)14-16(22)25-13-6-4-2/h7-11H,3-6,12-14H2,1-2H3,(H,20,24). The number of esters is 1. The minimum Gasteiger partial charge on any atom is -0.464 e. The zero-order valence-electron chi connectivity index (χ0n) is 14.9. The molecule has 6 heteroatoms.